The van der Waals surface area contributed by atoms with Gasteiger partial charge in [0.15, 0.2) is 0 Å². The molecule has 1 heterocycles. The number of ether oxygens (including phenoxy) is 1. The maximum absolute atomic E-state index is 11.3. The van der Waals surface area contributed by atoms with E-state index in [-0.39, 0.29) is 0 Å². The maximum atomic E-state index is 11.3. The molecule has 1 N–H and O–H groups in total. The number of methoxy groups -OCH3 is 1. The van der Waals surface area contributed by atoms with Crippen LogP contribution in [0.25, 0.3) is 0 Å². The van der Waals surface area contributed by atoms with Gasteiger partial charge < -0.3 is 10.1 Å². The van der Waals surface area contributed by atoms with Crippen LogP contribution in [0.2, 0.25) is 0 Å². The minimum absolute atomic E-state index is 0.317. The molecule has 1 aliphatic rings. The minimum Gasteiger partial charge on any atom is -0.380 e. The smallest absolute Gasteiger partial charge is 0.150 e. The fourth-order valence-electron chi connectivity index (χ4n) is 2.28. The van der Waals surface area contributed by atoms with Crippen molar-refractivity contribution >= 4 is 9.84 Å². The third-order valence-electron chi connectivity index (χ3n) is 3.48. The zero-order valence-electron chi connectivity index (χ0n) is 11.3. The van der Waals surface area contributed by atoms with Crippen LogP contribution in [0, 0.1) is 0 Å². The minimum atomic E-state index is -2.76. The summed E-state index contributed by atoms with van der Waals surface area (Å²) < 4.78 is 27.7. The Labute approximate surface area is 115 Å². The molecule has 5 heteroatoms. The van der Waals surface area contributed by atoms with Gasteiger partial charge in [-0.2, -0.15) is 0 Å². The molecule has 1 saturated heterocycles. The number of benzene rings is 1. The number of sulfone groups is 1. The van der Waals surface area contributed by atoms with Gasteiger partial charge in [-0.1, -0.05) is 24.3 Å². The summed E-state index contributed by atoms with van der Waals surface area (Å²) in [6.07, 6.45) is 1.45. The molecule has 0 amide bonds. The summed E-state index contributed by atoms with van der Waals surface area (Å²) in [7, 11) is -1.08. The Bertz CT molecular complexity index is 482. The molecule has 2 rings (SSSR count). The zero-order valence-corrected chi connectivity index (χ0v) is 12.1. The van der Waals surface area contributed by atoms with Crippen LogP contribution in [0.4, 0.5) is 0 Å². The van der Waals surface area contributed by atoms with Crippen LogP contribution < -0.4 is 5.32 Å². The van der Waals surface area contributed by atoms with Crippen molar-refractivity contribution in [3.63, 3.8) is 0 Å². The third-order valence-corrected chi connectivity index (χ3v) is 5.20. The molecule has 0 radical (unpaired) electrons. The zero-order chi connectivity index (χ0) is 13.7. The summed E-state index contributed by atoms with van der Waals surface area (Å²) in [5.41, 5.74) is 2.38. The molecule has 1 aromatic rings. The summed E-state index contributed by atoms with van der Waals surface area (Å²) in [5.74, 6) is 0.634. The second-order valence-electron chi connectivity index (χ2n) is 5.06. The van der Waals surface area contributed by atoms with Gasteiger partial charge in [-0.15, -0.1) is 0 Å². The van der Waals surface area contributed by atoms with E-state index >= 15 is 0 Å². The lowest BCUT2D eigenvalue weighted by atomic mass is 10.1. The molecule has 0 aromatic heterocycles. The van der Waals surface area contributed by atoms with Gasteiger partial charge >= 0.3 is 0 Å². The summed E-state index contributed by atoms with van der Waals surface area (Å²) in [4.78, 5) is 0. The van der Waals surface area contributed by atoms with E-state index in [9.17, 15) is 8.42 Å². The van der Waals surface area contributed by atoms with E-state index in [1.807, 2.05) is 0 Å². The van der Waals surface area contributed by atoms with Crippen LogP contribution in [0.3, 0.4) is 0 Å². The average Bonchev–Trinajstić information content (AvgIpc) is 2.40. The summed E-state index contributed by atoms with van der Waals surface area (Å²) >= 11 is 0. The van der Waals surface area contributed by atoms with E-state index < -0.39 is 9.84 Å². The van der Waals surface area contributed by atoms with Gasteiger partial charge in [0.1, 0.15) is 9.84 Å². The molecule has 1 fully saturated rings. The van der Waals surface area contributed by atoms with Crippen LogP contribution in [-0.4, -0.2) is 33.1 Å². The predicted molar refractivity (Wildman–Crippen MR) is 75.7 cm³/mol. The Kier molecular flexibility index (Phi) is 4.96. The quantitative estimate of drug-likeness (QED) is 0.890. The molecule has 1 aliphatic heterocycles. The van der Waals surface area contributed by atoms with E-state index in [0.29, 0.717) is 24.2 Å². The van der Waals surface area contributed by atoms with Crippen molar-refractivity contribution in [3.05, 3.63) is 35.4 Å². The molecule has 4 nitrogen and oxygen atoms in total. The summed E-state index contributed by atoms with van der Waals surface area (Å²) in [6.45, 7) is 1.42. The first-order valence-electron chi connectivity index (χ1n) is 6.59. The Morgan fingerprint density at radius 1 is 1.16 bits per heavy atom. The van der Waals surface area contributed by atoms with Crippen molar-refractivity contribution in [2.24, 2.45) is 0 Å². The molecule has 0 bridgehead atoms. The Hall–Kier alpha value is -0.910. The highest BCUT2D eigenvalue weighted by atomic mass is 32.2. The van der Waals surface area contributed by atoms with Gasteiger partial charge in [0.25, 0.3) is 0 Å². The molecule has 1 aromatic carbocycles. The van der Waals surface area contributed by atoms with E-state index in [0.717, 1.165) is 24.9 Å². The molecule has 0 saturated carbocycles. The van der Waals surface area contributed by atoms with E-state index in [2.05, 4.69) is 29.6 Å². The highest BCUT2D eigenvalue weighted by molar-refractivity contribution is 7.91. The van der Waals surface area contributed by atoms with Crippen molar-refractivity contribution in [1.82, 2.24) is 5.32 Å². The highest BCUT2D eigenvalue weighted by Crippen LogP contribution is 2.13. The highest BCUT2D eigenvalue weighted by Gasteiger charge is 2.22. The fraction of sp³-hybridized carbons (Fsp3) is 0.571. The van der Waals surface area contributed by atoms with Crippen LogP contribution >= 0.6 is 0 Å². The molecule has 0 spiro atoms. The Morgan fingerprint density at radius 3 is 2.32 bits per heavy atom. The van der Waals surface area contributed by atoms with E-state index in [1.54, 1.807) is 7.11 Å². The lowest BCUT2D eigenvalue weighted by Gasteiger charge is -2.23. The van der Waals surface area contributed by atoms with Crippen LogP contribution in [-0.2, 0) is 27.7 Å². The van der Waals surface area contributed by atoms with Crippen molar-refractivity contribution < 1.29 is 13.2 Å². The van der Waals surface area contributed by atoms with Crippen LogP contribution in [0.5, 0.6) is 0 Å². The summed E-state index contributed by atoms with van der Waals surface area (Å²) in [6, 6.07) is 8.61. The molecule has 0 atom stereocenters. The maximum Gasteiger partial charge on any atom is 0.150 e. The van der Waals surface area contributed by atoms with Gasteiger partial charge in [-0.05, 0) is 24.0 Å². The SMILES string of the molecule is COCc1ccc(CNC2CCS(=O)(=O)CC2)cc1. The molecule has 0 aliphatic carbocycles. The van der Waals surface area contributed by atoms with Crippen LogP contribution in [0.15, 0.2) is 24.3 Å². The average molecular weight is 283 g/mol. The lowest BCUT2D eigenvalue weighted by molar-refractivity contribution is 0.185. The number of rotatable bonds is 5. The van der Waals surface area contributed by atoms with E-state index in [1.165, 1.54) is 5.56 Å². The van der Waals surface area contributed by atoms with Gasteiger partial charge in [0, 0.05) is 19.7 Å². The summed E-state index contributed by atoms with van der Waals surface area (Å²) in [5, 5.41) is 3.43. The second kappa shape index (κ2) is 6.50. The van der Waals surface area contributed by atoms with Crippen molar-refractivity contribution in [3.8, 4) is 0 Å². The van der Waals surface area contributed by atoms with Crippen molar-refractivity contribution in [1.29, 1.82) is 0 Å². The standard InChI is InChI=1S/C14H21NO3S/c1-18-11-13-4-2-12(3-5-13)10-15-14-6-8-19(16,17)9-7-14/h2-5,14-15H,6-11H2,1H3. The molecular formula is C14H21NO3S. The Morgan fingerprint density at radius 2 is 1.74 bits per heavy atom. The topological polar surface area (TPSA) is 55.4 Å². The monoisotopic (exact) mass is 283 g/mol. The van der Waals surface area contributed by atoms with Gasteiger partial charge in [0.2, 0.25) is 0 Å². The first kappa shape index (κ1) is 14.5. The lowest BCUT2D eigenvalue weighted by Crippen LogP contribution is -2.37. The molecule has 19 heavy (non-hydrogen) atoms. The third kappa shape index (κ3) is 4.60. The van der Waals surface area contributed by atoms with E-state index in [4.69, 9.17) is 4.74 Å². The van der Waals surface area contributed by atoms with Crippen molar-refractivity contribution in [2.75, 3.05) is 18.6 Å². The van der Waals surface area contributed by atoms with Crippen LogP contribution in [0.1, 0.15) is 24.0 Å². The molecule has 0 unspecified atom stereocenters. The largest absolute Gasteiger partial charge is 0.380 e. The predicted octanol–water partition coefficient (Wildman–Crippen LogP) is 1.50. The first-order chi connectivity index (χ1) is 9.09. The Balaban J connectivity index is 1.79. The molecular weight excluding hydrogens is 262 g/mol. The molecule has 106 valence electrons. The number of hydrogen-bond acceptors (Lipinski definition) is 4. The number of hydrogen-bond donors (Lipinski definition) is 1. The first-order valence-corrected chi connectivity index (χ1v) is 8.42. The second-order valence-corrected chi connectivity index (χ2v) is 7.36. The number of nitrogens with one attached hydrogen (secondary N) is 1. The fourth-order valence-corrected chi connectivity index (χ4v) is 3.77. The van der Waals surface area contributed by atoms with Gasteiger partial charge in [0.05, 0.1) is 18.1 Å². The van der Waals surface area contributed by atoms with Gasteiger partial charge in [-0.3, -0.25) is 0 Å². The normalized spacial score (nSPS) is 19.4. The van der Waals surface area contributed by atoms with Gasteiger partial charge in [-0.25, -0.2) is 8.42 Å². The van der Waals surface area contributed by atoms with Crippen molar-refractivity contribution in [2.45, 2.75) is 32.0 Å².